The van der Waals surface area contributed by atoms with Gasteiger partial charge in [-0.15, -0.1) is 10.2 Å². The Morgan fingerprint density at radius 3 is 2.59 bits per heavy atom. The molecule has 0 spiro atoms. The number of H-pyrrole nitrogens is 1. The van der Waals surface area contributed by atoms with E-state index in [2.05, 4.69) is 51.5 Å². The fraction of sp³-hybridized carbons (Fsp3) is 0.440. The lowest BCUT2D eigenvalue weighted by Crippen LogP contribution is -2.57. The number of carboxylic acid groups (broad SMARTS) is 1. The summed E-state index contributed by atoms with van der Waals surface area (Å²) in [5, 5.41) is 31.2. The molecule has 0 fully saturated rings. The molecule has 5 N–H and O–H groups in total. The number of nitrogens with one attached hydrogen (secondary N) is 4. The van der Waals surface area contributed by atoms with Gasteiger partial charge in [0, 0.05) is 31.4 Å². The highest BCUT2D eigenvalue weighted by molar-refractivity contribution is 6.06. The summed E-state index contributed by atoms with van der Waals surface area (Å²) in [6.07, 6.45) is 4.75. The minimum atomic E-state index is -1.26. The van der Waals surface area contributed by atoms with Gasteiger partial charge in [0.05, 0.1) is 6.54 Å². The van der Waals surface area contributed by atoms with Crippen LogP contribution in [-0.2, 0) is 32.1 Å². The van der Waals surface area contributed by atoms with Gasteiger partial charge in [0.25, 0.3) is 5.91 Å². The Bertz CT molecular complexity index is 1350. The number of nitrogens with zero attached hydrogens (tertiary/aromatic N) is 7. The third kappa shape index (κ3) is 7.14. The molecule has 4 heterocycles. The van der Waals surface area contributed by atoms with Crippen molar-refractivity contribution in [3.05, 3.63) is 48.2 Å². The first kappa shape index (κ1) is 29.0. The molecule has 41 heavy (non-hydrogen) atoms. The zero-order chi connectivity index (χ0) is 29.4. The van der Waals surface area contributed by atoms with Gasteiger partial charge in [0.1, 0.15) is 23.9 Å². The van der Waals surface area contributed by atoms with Crippen LogP contribution in [0.15, 0.2) is 36.8 Å². The molecule has 3 aromatic rings. The number of carbonyl (C=O) groups is 4. The van der Waals surface area contributed by atoms with Crippen molar-refractivity contribution >= 4 is 35.5 Å². The molecule has 4 rings (SSSR count). The number of pyridine rings is 1. The number of hydrogen-bond acceptors (Lipinski definition) is 11. The molecule has 0 radical (unpaired) electrons. The van der Waals surface area contributed by atoms with Crippen LogP contribution in [0.25, 0.3) is 0 Å². The highest BCUT2D eigenvalue weighted by Gasteiger charge is 2.42. The zero-order valence-corrected chi connectivity index (χ0v) is 22.5. The molecular weight excluding hydrogens is 534 g/mol. The minimum Gasteiger partial charge on any atom is -0.481 e. The fourth-order valence-electron chi connectivity index (χ4n) is 4.43. The summed E-state index contributed by atoms with van der Waals surface area (Å²) in [7, 11) is 0. The van der Waals surface area contributed by atoms with Gasteiger partial charge in [-0.25, -0.2) is 15.0 Å². The van der Waals surface area contributed by atoms with E-state index in [-0.39, 0.29) is 42.9 Å². The summed E-state index contributed by atoms with van der Waals surface area (Å²) in [5.41, 5.74) is 0.657. The van der Waals surface area contributed by atoms with E-state index in [0.717, 1.165) is 0 Å². The van der Waals surface area contributed by atoms with Crippen molar-refractivity contribution in [3.8, 4) is 0 Å². The van der Waals surface area contributed by atoms with Crippen LogP contribution in [0.2, 0.25) is 0 Å². The quantitative estimate of drug-likeness (QED) is 0.182. The van der Waals surface area contributed by atoms with Gasteiger partial charge in [-0.1, -0.05) is 31.5 Å². The Kier molecular flexibility index (Phi) is 9.44. The van der Waals surface area contributed by atoms with E-state index in [0.29, 0.717) is 12.0 Å². The molecule has 16 nitrogen and oxygen atoms in total. The lowest BCUT2D eigenvalue weighted by atomic mass is 9.97. The monoisotopic (exact) mass is 565 g/mol. The normalized spacial score (nSPS) is 16.2. The molecule has 216 valence electrons. The van der Waals surface area contributed by atoms with Crippen molar-refractivity contribution in [1.82, 2.24) is 46.2 Å². The number of fused-ring (bicyclic) bond motifs is 1. The number of aromatic nitrogens is 7. The van der Waals surface area contributed by atoms with Gasteiger partial charge < -0.3 is 21.1 Å². The van der Waals surface area contributed by atoms with Crippen LogP contribution in [0.1, 0.15) is 44.5 Å². The van der Waals surface area contributed by atoms with E-state index in [1.54, 1.807) is 18.2 Å². The second-order valence-corrected chi connectivity index (χ2v) is 9.53. The van der Waals surface area contributed by atoms with Crippen LogP contribution >= 0.6 is 0 Å². The van der Waals surface area contributed by atoms with Crippen LogP contribution in [0.3, 0.4) is 0 Å². The molecular formula is C25H31N11O5. The van der Waals surface area contributed by atoms with Gasteiger partial charge in [-0.05, 0) is 30.0 Å². The third-order valence-electron chi connectivity index (χ3n) is 6.78. The van der Waals surface area contributed by atoms with Crippen molar-refractivity contribution in [2.24, 2.45) is 5.92 Å². The van der Waals surface area contributed by atoms with Gasteiger partial charge in [-0.3, -0.25) is 24.1 Å². The predicted octanol–water partition coefficient (Wildman–Crippen LogP) is -0.165. The third-order valence-corrected chi connectivity index (χ3v) is 6.78. The molecule has 4 atom stereocenters. The number of carbonyl (C=O) groups excluding carboxylic acids is 3. The zero-order valence-electron chi connectivity index (χ0n) is 22.5. The number of hydrogen-bond donors (Lipinski definition) is 5. The van der Waals surface area contributed by atoms with Crippen LogP contribution in [0.4, 0.5) is 11.8 Å². The first-order valence-electron chi connectivity index (χ1n) is 13.1. The van der Waals surface area contributed by atoms with Gasteiger partial charge in [0.15, 0.2) is 5.82 Å². The number of rotatable bonds is 13. The lowest BCUT2D eigenvalue weighted by Gasteiger charge is -2.30. The topological polar surface area (TPSA) is 221 Å². The van der Waals surface area contributed by atoms with Crippen LogP contribution in [-0.4, -0.2) is 82.5 Å². The van der Waals surface area contributed by atoms with E-state index in [1.165, 1.54) is 23.5 Å². The van der Waals surface area contributed by atoms with E-state index in [9.17, 15) is 24.3 Å². The maximum atomic E-state index is 14.0. The Morgan fingerprint density at radius 2 is 1.90 bits per heavy atom. The van der Waals surface area contributed by atoms with E-state index >= 15 is 0 Å². The second kappa shape index (κ2) is 13.4. The summed E-state index contributed by atoms with van der Waals surface area (Å²) < 4.78 is 0. The first-order chi connectivity index (χ1) is 19.8. The van der Waals surface area contributed by atoms with E-state index < -0.39 is 48.2 Å². The Hall–Kier alpha value is -5.02. The number of carboxylic acids is 1. The lowest BCUT2D eigenvalue weighted by molar-refractivity contribution is -0.138. The number of amides is 3. The maximum Gasteiger partial charge on any atom is 0.303 e. The van der Waals surface area contributed by atoms with Gasteiger partial charge >= 0.3 is 5.97 Å². The second-order valence-electron chi connectivity index (χ2n) is 9.53. The molecule has 3 aromatic heterocycles. The van der Waals surface area contributed by atoms with Crippen LogP contribution in [0.5, 0.6) is 0 Å². The summed E-state index contributed by atoms with van der Waals surface area (Å²) in [6.45, 7) is 3.75. The Balaban J connectivity index is 1.59. The number of tetrazole rings is 1. The standard InChI is InChI=1S/C25H31N11O5/c1-3-14(2)20(31-25-27-10-5-11-28-25)23(40)30-16(7-8-19(37)38)24(41)36-17(12-15-6-4-9-26-21(15)36)22(39)29-13-18-32-34-35-33-18/h4-6,9-11,14,16-17,20H,3,7-8,12-13H2,1-2H3,(H,29,39)(H,30,40)(H,37,38)(H,27,28,31)(H,32,33,34,35)/t14?,16?,17-,20?/m0/s1. The summed E-state index contributed by atoms with van der Waals surface area (Å²) in [4.78, 5) is 66.1. The summed E-state index contributed by atoms with van der Waals surface area (Å²) >= 11 is 0. The minimum absolute atomic E-state index is 0.0272. The SMILES string of the molecule is CCC(C)C(Nc1ncccn1)C(=O)NC(CCC(=O)O)C(=O)N1c2ncccc2C[C@H]1C(=O)NCc1nn[nH]n1. The molecule has 0 aromatic carbocycles. The van der Waals surface area contributed by atoms with Gasteiger partial charge in [0.2, 0.25) is 17.8 Å². The Morgan fingerprint density at radius 1 is 1.15 bits per heavy atom. The van der Waals surface area contributed by atoms with Crippen LogP contribution < -0.4 is 20.9 Å². The number of anilines is 2. The van der Waals surface area contributed by atoms with Crippen molar-refractivity contribution in [2.45, 2.75) is 64.2 Å². The highest BCUT2D eigenvalue weighted by Crippen LogP contribution is 2.31. The van der Waals surface area contributed by atoms with E-state index in [4.69, 9.17) is 0 Å². The van der Waals surface area contributed by atoms with E-state index in [1.807, 2.05) is 13.8 Å². The smallest absolute Gasteiger partial charge is 0.303 e. The number of aliphatic carboxylic acids is 1. The molecule has 0 saturated heterocycles. The summed E-state index contributed by atoms with van der Waals surface area (Å²) in [6, 6.07) is 2.01. The summed E-state index contributed by atoms with van der Waals surface area (Å²) in [5.74, 6) is -2.26. The Labute approximate surface area is 234 Å². The van der Waals surface area contributed by atoms with Gasteiger partial charge in [-0.2, -0.15) is 5.21 Å². The fourth-order valence-corrected chi connectivity index (χ4v) is 4.43. The molecule has 1 aliphatic rings. The molecule has 0 saturated carbocycles. The average Bonchev–Trinajstić information content (AvgIpc) is 3.64. The average molecular weight is 566 g/mol. The van der Waals surface area contributed by atoms with Crippen LogP contribution in [0, 0.1) is 5.92 Å². The van der Waals surface area contributed by atoms with Crippen molar-refractivity contribution < 1.29 is 24.3 Å². The molecule has 3 amide bonds. The maximum absolute atomic E-state index is 14.0. The molecule has 0 aliphatic carbocycles. The molecule has 3 unspecified atom stereocenters. The number of aromatic amines is 1. The predicted molar refractivity (Wildman–Crippen MR) is 143 cm³/mol. The van der Waals surface area contributed by atoms with Crippen molar-refractivity contribution in [1.29, 1.82) is 0 Å². The molecule has 1 aliphatic heterocycles. The molecule has 16 heteroatoms. The highest BCUT2D eigenvalue weighted by atomic mass is 16.4. The molecule has 0 bridgehead atoms. The largest absolute Gasteiger partial charge is 0.481 e. The first-order valence-corrected chi connectivity index (χ1v) is 13.1. The van der Waals surface area contributed by atoms with Crippen molar-refractivity contribution in [3.63, 3.8) is 0 Å². The van der Waals surface area contributed by atoms with Crippen molar-refractivity contribution in [2.75, 3.05) is 10.2 Å².